The first-order valence-electron chi connectivity index (χ1n) is 6.27. The second kappa shape index (κ2) is 3.42. The third kappa shape index (κ3) is 1.29. The number of fused-ring (bicyclic) bond motifs is 3. The Hall–Kier alpha value is -1.20. The highest BCUT2D eigenvalue weighted by Gasteiger charge is 2.65. The highest BCUT2D eigenvalue weighted by molar-refractivity contribution is 5.94. The number of rotatable bonds is 0. The van der Waals surface area contributed by atoms with Gasteiger partial charge in [0.05, 0.1) is 0 Å². The third-order valence-electron chi connectivity index (χ3n) is 4.51. The van der Waals surface area contributed by atoms with Crippen LogP contribution in [0.5, 0.6) is 0 Å². The zero-order valence-corrected chi connectivity index (χ0v) is 11.1. The molecule has 3 aliphatic rings. The van der Waals surface area contributed by atoms with Crippen LogP contribution >= 0.6 is 0 Å². The highest BCUT2D eigenvalue weighted by Crippen LogP contribution is 2.42. The molecule has 2 saturated heterocycles. The van der Waals surface area contributed by atoms with Crippen LogP contribution in [0.3, 0.4) is 0 Å². The Labute approximate surface area is 106 Å². The molecule has 0 aromatic heterocycles. The molecule has 0 aromatic rings. The lowest BCUT2D eigenvalue weighted by molar-refractivity contribution is -0.522. The maximum Gasteiger partial charge on any atom is 0.237 e. The van der Waals surface area contributed by atoms with Crippen molar-refractivity contribution in [3.8, 4) is 0 Å². The average molecular weight is 251 g/mol. The van der Waals surface area contributed by atoms with Crippen molar-refractivity contribution < 1.29 is 19.6 Å². The highest BCUT2D eigenvalue weighted by atomic mass is 16.5. The second-order valence-corrected chi connectivity index (χ2v) is 5.73. The number of likely N-dealkylation sites (tertiary alicyclic amines) is 1. The number of nitrogens with one attached hydrogen (secondary N) is 1. The molecule has 0 saturated carbocycles. The number of amides is 1. The normalized spacial score (nSPS) is 46.7. The molecule has 2 N–H and O–H groups in total. The molecule has 5 heteroatoms. The molecule has 0 spiro atoms. The maximum absolute atomic E-state index is 12.2. The predicted molar refractivity (Wildman–Crippen MR) is 64.7 cm³/mol. The standard InChI is InChI=1S/C13H18N2O3/c1-6-5-13(3)10(14-7(6)2)8-9(18-13)12(17)15(4)11(8)16/h5,8-10,12,17H,1-4H3/p+1. The monoisotopic (exact) mass is 251 g/mol. The van der Waals surface area contributed by atoms with Crippen molar-refractivity contribution in [1.82, 2.24) is 4.90 Å². The molecule has 98 valence electrons. The summed E-state index contributed by atoms with van der Waals surface area (Å²) in [7, 11) is 1.62. The maximum atomic E-state index is 12.2. The largest absolute Gasteiger partial charge is 0.371 e. The van der Waals surface area contributed by atoms with Gasteiger partial charge in [-0.1, -0.05) is 0 Å². The van der Waals surface area contributed by atoms with Gasteiger partial charge in [0, 0.05) is 19.5 Å². The van der Waals surface area contributed by atoms with Gasteiger partial charge in [0.1, 0.15) is 17.6 Å². The zero-order chi connectivity index (χ0) is 13.2. The lowest BCUT2D eigenvalue weighted by atomic mass is 9.84. The van der Waals surface area contributed by atoms with Crippen LogP contribution in [-0.2, 0) is 9.53 Å². The van der Waals surface area contributed by atoms with E-state index in [0.29, 0.717) is 0 Å². The number of ether oxygens (including phenoxy) is 1. The van der Waals surface area contributed by atoms with E-state index in [1.165, 1.54) is 4.90 Å². The van der Waals surface area contributed by atoms with Gasteiger partial charge in [-0.2, -0.15) is 0 Å². The van der Waals surface area contributed by atoms with Gasteiger partial charge in [0.2, 0.25) is 5.91 Å². The summed E-state index contributed by atoms with van der Waals surface area (Å²) in [5, 5.41) is 10.1. The van der Waals surface area contributed by atoms with Crippen LogP contribution in [0.1, 0.15) is 20.8 Å². The minimum atomic E-state index is -0.847. The van der Waals surface area contributed by atoms with E-state index in [-0.39, 0.29) is 17.9 Å². The van der Waals surface area contributed by atoms with E-state index in [9.17, 15) is 9.90 Å². The van der Waals surface area contributed by atoms with Gasteiger partial charge in [0.15, 0.2) is 18.0 Å². The van der Waals surface area contributed by atoms with Crippen molar-refractivity contribution >= 4 is 11.6 Å². The second-order valence-electron chi connectivity index (χ2n) is 5.73. The first-order chi connectivity index (χ1) is 8.35. The first-order valence-corrected chi connectivity index (χ1v) is 6.27. The molecular weight excluding hydrogens is 232 g/mol. The Kier molecular flexibility index (Phi) is 2.26. The molecule has 3 heterocycles. The molecule has 18 heavy (non-hydrogen) atoms. The van der Waals surface area contributed by atoms with E-state index >= 15 is 0 Å². The van der Waals surface area contributed by atoms with Crippen LogP contribution in [-0.4, -0.2) is 52.6 Å². The fourth-order valence-electron chi connectivity index (χ4n) is 3.34. The van der Waals surface area contributed by atoms with Crippen molar-refractivity contribution in [3.05, 3.63) is 11.6 Å². The van der Waals surface area contributed by atoms with E-state index in [4.69, 9.17) is 4.74 Å². The number of nitrogens with zero attached hydrogens (tertiary/aromatic N) is 1. The number of hydrogen-bond donors (Lipinski definition) is 2. The van der Waals surface area contributed by atoms with Crippen LogP contribution in [0.15, 0.2) is 11.6 Å². The summed E-state index contributed by atoms with van der Waals surface area (Å²) in [5.74, 6) is -0.358. The van der Waals surface area contributed by atoms with Gasteiger partial charge >= 0.3 is 0 Å². The number of likely N-dealkylation sites (N-methyl/N-ethyl adjacent to an activating group) is 1. The van der Waals surface area contributed by atoms with Crippen LogP contribution in [0.25, 0.3) is 0 Å². The van der Waals surface area contributed by atoms with Crippen LogP contribution in [0, 0.1) is 5.92 Å². The van der Waals surface area contributed by atoms with Crippen LogP contribution in [0.4, 0.5) is 0 Å². The van der Waals surface area contributed by atoms with Crippen molar-refractivity contribution in [2.24, 2.45) is 5.92 Å². The van der Waals surface area contributed by atoms with Gasteiger partial charge < -0.3 is 14.7 Å². The van der Waals surface area contributed by atoms with E-state index in [1.807, 2.05) is 20.8 Å². The Morgan fingerprint density at radius 3 is 2.83 bits per heavy atom. The van der Waals surface area contributed by atoms with Gasteiger partial charge in [-0.3, -0.25) is 4.79 Å². The summed E-state index contributed by atoms with van der Waals surface area (Å²) in [6, 6.07) is -0.0988. The smallest absolute Gasteiger partial charge is 0.237 e. The van der Waals surface area contributed by atoms with Gasteiger partial charge in [-0.05, 0) is 19.9 Å². The van der Waals surface area contributed by atoms with Crippen molar-refractivity contribution in [2.45, 2.75) is 44.7 Å². The predicted octanol–water partition coefficient (Wildman–Crippen LogP) is -1.58. The molecular formula is C13H19N2O3+. The van der Waals surface area contributed by atoms with E-state index < -0.39 is 17.9 Å². The average Bonchev–Trinajstić information content (AvgIpc) is 2.69. The Balaban J connectivity index is 2.05. The lowest BCUT2D eigenvalue weighted by Crippen LogP contribution is -2.87. The quantitative estimate of drug-likeness (QED) is 0.546. The van der Waals surface area contributed by atoms with Gasteiger partial charge in [-0.25, -0.2) is 4.99 Å². The van der Waals surface area contributed by atoms with Crippen molar-refractivity contribution in [2.75, 3.05) is 7.05 Å². The van der Waals surface area contributed by atoms with E-state index in [0.717, 1.165) is 11.3 Å². The zero-order valence-electron chi connectivity index (χ0n) is 11.1. The molecule has 1 amide bonds. The summed E-state index contributed by atoms with van der Waals surface area (Å²) in [6.07, 6.45) is 0.766. The third-order valence-corrected chi connectivity index (χ3v) is 4.51. The summed E-state index contributed by atoms with van der Waals surface area (Å²) in [6.45, 7) is 5.99. The Bertz CT molecular complexity index is 485. The molecule has 2 fully saturated rings. The van der Waals surface area contributed by atoms with E-state index in [2.05, 4.69) is 11.1 Å². The van der Waals surface area contributed by atoms with Gasteiger partial charge in [-0.15, -0.1) is 0 Å². The summed E-state index contributed by atoms with van der Waals surface area (Å²) in [5.41, 5.74) is 1.68. The minimum absolute atomic E-state index is 0.0468. The molecule has 3 rings (SSSR count). The number of aliphatic hydroxyl groups is 1. The number of allylic oxidation sites excluding steroid dienone is 1. The topological polar surface area (TPSA) is 63.7 Å². The number of carbonyl (C=O) groups excluding carboxylic acids is 1. The van der Waals surface area contributed by atoms with Crippen molar-refractivity contribution in [3.63, 3.8) is 0 Å². The Morgan fingerprint density at radius 1 is 1.50 bits per heavy atom. The van der Waals surface area contributed by atoms with E-state index in [1.54, 1.807) is 7.05 Å². The van der Waals surface area contributed by atoms with Gasteiger partial charge in [0.25, 0.3) is 0 Å². The number of aliphatic hydroxyl groups excluding tert-OH is 1. The SMILES string of the molecule is CC1=CC2(C)OC3C(C(=O)N(C)C3O)C2[NH+]=C1C. The minimum Gasteiger partial charge on any atom is -0.371 e. The van der Waals surface area contributed by atoms with Crippen LogP contribution in [0.2, 0.25) is 0 Å². The molecule has 5 unspecified atom stereocenters. The molecule has 3 aliphatic heterocycles. The Morgan fingerprint density at radius 2 is 2.17 bits per heavy atom. The summed E-state index contributed by atoms with van der Waals surface area (Å²) >= 11 is 0. The molecule has 0 bridgehead atoms. The molecule has 0 aliphatic carbocycles. The number of carbonyl (C=O) groups is 1. The summed E-state index contributed by atoms with van der Waals surface area (Å²) in [4.78, 5) is 16.9. The molecule has 0 aromatic carbocycles. The molecule has 5 atom stereocenters. The summed E-state index contributed by atoms with van der Waals surface area (Å²) < 4.78 is 5.98. The fourth-order valence-corrected chi connectivity index (χ4v) is 3.34. The fraction of sp³-hybridized carbons (Fsp3) is 0.692. The number of hydrogen-bond acceptors (Lipinski definition) is 3. The lowest BCUT2D eigenvalue weighted by Gasteiger charge is -2.29. The molecule has 5 nitrogen and oxygen atoms in total. The van der Waals surface area contributed by atoms with Crippen LogP contribution < -0.4 is 4.99 Å². The first kappa shape index (κ1) is 11.9. The van der Waals surface area contributed by atoms with Crippen molar-refractivity contribution in [1.29, 1.82) is 0 Å². The molecule has 0 radical (unpaired) electrons.